The van der Waals surface area contributed by atoms with Gasteiger partial charge in [-0.25, -0.2) is 4.68 Å². The molecular weight excluding hydrogens is 442 g/mol. The predicted molar refractivity (Wildman–Crippen MR) is 126 cm³/mol. The Morgan fingerprint density at radius 3 is 2.82 bits per heavy atom. The zero-order valence-corrected chi connectivity index (χ0v) is 18.7. The van der Waals surface area contributed by atoms with E-state index in [0.717, 1.165) is 30.5 Å². The summed E-state index contributed by atoms with van der Waals surface area (Å²) in [4.78, 5) is 30.2. The fourth-order valence-electron chi connectivity index (χ4n) is 4.27. The molecule has 1 atom stereocenters. The van der Waals surface area contributed by atoms with Crippen LogP contribution in [0.4, 0.5) is 0 Å². The van der Waals surface area contributed by atoms with Crippen LogP contribution in [0.15, 0.2) is 59.5 Å². The van der Waals surface area contributed by atoms with Gasteiger partial charge in [0.2, 0.25) is 0 Å². The van der Waals surface area contributed by atoms with Crippen LogP contribution in [0.5, 0.6) is 0 Å². The average Bonchev–Trinajstić information content (AvgIpc) is 3.49. The molecule has 0 bridgehead atoms. The summed E-state index contributed by atoms with van der Waals surface area (Å²) < 4.78 is 6.83. The molecule has 1 fully saturated rings. The van der Waals surface area contributed by atoms with Gasteiger partial charge in [-0.1, -0.05) is 16.8 Å². The van der Waals surface area contributed by atoms with Crippen LogP contribution in [0.25, 0.3) is 27.8 Å². The molecule has 3 heterocycles. The summed E-state index contributed by atoms with van der Waals surface area (Å²) in [6.45, 7) is 1.29. The minimum absolute atomic E-state index is 0.00161. The summed E-state index contributed by atoms with van der Waals surface area (Å²) in [5.41, 5.74) is 2.64. The van der Waals surface area contributed by atoms with Crippen LogP contribution in [-0.4, -0.2) is 57.1 Å². The first kappa shape index (κ1) is 21.4. The Bertz CT molecular complexity index is 1380. The number of halogens is 1. The molecule has 5 rings (SSSR count). The van der Waals surface area contributed by atoms with Crippen molar-refractivity contribution in [2.24, 2.45) is 0 Å². The standard InChI is InChI=1S/C24H22ClN5O3/c1-33-14-19-3-2-10-29(19)24(32)15-4-7-18(8-5-15)30-13-22(27-28-30)20-12-16-11-17(25)6-9-21(16)26-23(20)31/h4-9,11-13,19H,2-3,10,14H2,1H3,(H,26,31). The zero-order valence-electron chi connectivity index (χ0n) is 18.0. The van der Waals surface area contributed by atoms with Gasteiger partial charge in [0, 0.05) is 35.1 Å². The SMILES string of the molecule is COCC1CCCN1C(=O)c1ccc(-n2cc(-c3cc4cc(Cl)ccc4[nH]c3=O)nn2)cc1. The molecule has 33 heavy (non-hydrogen) atoms. The Hall–Kier alpha value is -3.49. The van der Waals surface area contributed by atoms with Crippen molar-refractivity contribution >= 4 is 28.4 Å². The number of fused-ring (bicyclic) bond motifs is 1. The average molecular weight is 464 g/mol. The highest BCUT2D eigenvalue weighted by Crippen LogP contribution is 2.23. The third-order valence-electron chi connectivity index (χ3n) is 5.95. The van der Waals surface area contributed by atoms with Gasteiger partial charge in [0.25, 0.3) is 11.5 Å². The van der Waals surface area contributed by atoms with Crippen LogP contribution in [0.3, 0.4) is 0 Å². The molecule has 168 valence electrons. The van der Waals surface area contributed by atoms with Crippen molar-refractivity contribution in [1.29, 1.82) is 0 Å². The van der Waals surface area contributed by atoms with Gasteiger partial charge in [-0.2, -0.15) is 0 Å². The van der Waals surface area contributed by atoms with E-state index in [-0.39, 0.29) is 17.5 Å². The molecule has 0 spiro atoms. The molecule has 2 aromatic carbocycles. The van der Waals surface area contributed by atoms with Gasteiger partial charge in [0.05, 0.1) is 30.1 Å². The summed E-state index contributed by atoms with van der Waals surface area (Å²) >= 11 is 6.08. The maximum absolute atomic E-state index is 12.9. The first-order chi connectivity index (χ1) is 16.0. The second-order valence-electron chi connectivity index (χ2n) is 8.09. The van der Waals surface area contributed by atoms with E-state index in [1.165, 1.54) is 0 Å². The second-order valence-corrected chi connectivity index (χ2v) is 8.53. The zero-order chi connectivity index (χ0) is 22.9. The molecule has 2 aromatic heterocycles. The monoisotopic (exact) mass is 463 g/mol. The lowest BCUT2D eigenvalue weighted by molar-refractivity contribution is 0.0630. The Morgan fingerprint density at radius 1 is 1.21 bits per heavy atom. The Kier molecular flexibility index (Phi) is 5.70. The van der Waals surface area contributed by atoms with Crippen molar-refractivity contribution in [2.75, 3.05) is 20.3 Å². The van der Waals surface area contributed by atoms with E-state index in [1.807, 2.05) is 17.0 Å². The van der Waals surface area contributed by atoms with Gasteiger partial charge in [-0.3, -0.25) is 9.59 Å². The molecule has 1 aliphatic heterocycles. The smallest absolute Gasteiger partial charge is 0.258 e. The van der Waals surface area contributed by atoms with Gasteiger partial charge in [0.1, 0.15) is 5.69 Å². The maximum Gasteiger partial charge on any atom is 0.258 e. The van der Waals surface area contributed by atoms with Crippen LogP contribution >= 0.6 is 11.6 Å². The third kappa shape index (κ3) is 4.15. The molecular formula is C24H22ClN5O3. The van der Waals surface area contributed by atoms with Gasteiger partial charge >= 0.3 is 0 Å². The first-order valence-corrected chi connectivity index (χ1v) is 11.1. The highest BCUT2D eigenvalue weighted by atomic mass is 35.5. The molecule has 9 heteroatoms. The van der Waals surface area contributed by atoms with E-state index in [9.17, 15) is 9.59 Å². The molecule has 1 aliphatic rings. The summed E-state index contributed by atoms with van der Waals surface area (Å²) in [6, 6.07) is 14.4. The lowest BCUT2D eigenvalue weighted by Crippen LogP contribution is -2.38. The number of likely N-dealkylation sites (tertiary alicyclic amines) is 1. The molecule has 0 radical (unpaired) electrons. The number of aromatic nitrogens is 4. The Labute approximate surface area is 194 Å². The van der Waals surface area contributed by atoms with Gasteiger partial charge in [0.15, 0.2) is 0 Å². The number of nitrogens with zero attached hydrogens (tertiary/aromatic N) is 4. The van der Waals surface area contributed by atoms with E-state index < -0.39 is 0 Å². The molecule has 1 amide bonds. The fourth-order valence-corrected chi connectivity index (χ4v) is 4.45. The third-order valence-corrected chi connectivity index (χ3v) is 6.19. The molecule has 0 saturated carbocycles. The minimum Gasteiger partial charge on any atom is -0.383 e. The van der Waals surface area contributed by atoms with E-state index in [0.29, 0.717) is 34.0 Å². The number of hydrogen-bond donors (Lipinski definition) is 1. The number of methoxy groups -OCH3 is 1. The molecule has 1 unspecified atom stereocenters. The van der Waals surface area contributed by atoms with Crippen LogP contribution in [0.1, 0.15) is 23.2 Å². The number of carbonyl (C=O) groups excluding carboxylic acids is 1. The minimum atomic E-state index is -0.256. The number of carbonyl (C=O) groups is 1. The van der Waals surface area contributed by atoms with Crippen molar-refractivity contribution in [3.63, 3.8) is 0 Å². The molecule has 0 aliphatic carbocycles. The van der Waals surface area contributed by atoms with E-state index in [4.69, 9.17) is 16.3 Å². The quantitative estimate of drug-likeness (QED) is 0.487. The van der Waals surface area contributed by atoms with Crippen molar-refractivity contribution < 1.29 is 9.53 Å². The normalized spacial score (nSPS) is 15.9. The molecule has 8 nitrogen and oxygen atoms in total. The lowest BCUT2D eigenvalue weighted by atomic mass is 10.1. The number of H-pyrrole nitrogens is 1. The van der Waals surface area contributed by atoms with Gasteiger partial charge < -0.3 is 14.6 Å². The lowest BCUT2D eigenvalue weighted by Gasteiger charge is -2.24. The van der Waals surface area contributed by atoms with E-state index >= 15 is 0 Å². The van der Waals surface area contributed by atoms with E-state index in [1.54, 1.807) is 54.4 Å². The largest absolute Gasteiger partial charge is 0.383 e. The van der Waals surface area contributed by atoms with Crippen LogP contribution in [0.2, 0.25) is 5.02 Å². The number of amides is 1. The molecule has 1 saturated heterocycles. The van der Waals surface area contributed by atoms with Crippen molar-refractivity contribution in [3.05, 3.63) is 75.7 Å². The maximum atomic E-state index is 12.9. The summed E-state index contributed by atoms with van der Waals surface area (Å²) in [5, 5.41) is 9.73. The van der Waals surface area contributed by atoms with Gasteiger partial charge in [-0.05, 0) is 61.4 Å². The number of hydrogen-bond acceptors (Lipinski definition) is 5. The van der Waals surface area contributed by atoms with Crippen molar-refractivity contribution in [1.82, 2.24) is 24.9 Å². The summed E-state index contributed by atoms with van der Waals surface area (Å²) in [6.07, 6.45) is 3.63. The number of rotatable bonds is 5. The fraction of sp³-hybridized carbons (Fsp3) is 0.250. The Balaban J connectivity index is 1.39. The number of nitrogens with one attached hydrogen (secondary N) is 1. The summed E-state index contributed by atoms with van der Waals surface area (Å²) in [7, 11) is 1.66. The van der Waals surface area contributed by atoms with Crippen LogP contribution in [-0.2, 0) is 4.74 Å². The van der Waals surface area contributed by atoms with Crippen molar-refractivity contribution in [2.45, 2.75) is 18.9 Å². The topological polar surface area (TPSA) is 93.1 Å². The predicted octanol–water partition coefficient (Wildman–Crippen LogP) is 3.68. The highest BCUT2D eigenvalue weighted by Gasteiger charge is 2.29. The highest BCUT2D eigenvalue weighted by molar-refractivity contribution is 6.31. The number of ether oxygens (including phenoxy) is 1. The Morgan fingerprint density at radius 2 is 2.03 bits per heavy atom. The van der Waals surface area contributed by atoms with Crippen LogP contribution in [0, 0.1) is 0 Å². The van der Waals surface area contributed by atoms with Crippen LogP contribution < -0.4 is 5.56 Å². The summed E-state index contributed by atoms with van der Waals surface area (Å²) in [5.74, 6) is 0.00161. The molecule has 4 aromatic rings. The molecule has 1 N–H and O–H groups in total. The second kappa shape index (κ2) is 8.80. The first-order valence-electron chi connectivity index (χ1n) is 10.7. The number of pyridine rings is 1. The number of aromatic amines is 1. The van der Waals surface area contributed by atoms with Gasteiger partial charge in [-0.15, -0.1) is 5.10 Å². The van der Waals surface area contributed by atoms with Crippen molar-refractivity contribution in [3.8, 4) is 16.9 Å². The van der Waals surface area contributed by atoms with E-state index in [2.05, 4.69) is 15.3 Å². The number of benzene rings is 2.